The molecule has 33 heavy (non-hydrogen) atoms. The zero-order valence-electron chi connectivity index (χ0n) is 19.2. The molecule has 0 bridgehead atoms. The van der Waals surface area contributed by atoms with Crippen LogP contribution in [0.4, 0.5) is 5.69 Å². The monoisotopic (exact) mass is 462 g/mol. The molecular formula is C27H31ClN4O. The zero-order chi connectivity index (χ0) is 22.8. The zero-order valence-corrected chi connectivity index (χ0v) is 19.9. The van der Waals surface area contributed by atoms with E-state index in [9.17, 15) is 4.79 Å². The minimum absolute atomic E-state index is 0.124. The Hall–Kier alpha value is -2.63. The standard InChI is InChI=1S/C27H31ClN4O/c1-2-6-25-23(18-29-32(25)26-10-4-3-9-24(26)28)27(33)30-21-12-11-19-13-15-31(22-7-5-8-22)16-14-20(19)17-21/h3-4,9-12,17-18,22H,2,5-8,13-16H2,1H3,(H,30,33). The van der Waals surface area contributed by atoms with E-state index < -0.39 is 0 Å². The average molecular weight is 463 g/mol. The Labute approximate surface area is 200 Å². The largest absolute Gasteiger partial charge is 0.322 e. The lowest BCUT2D eigenvalue weighted by Crippen LogP contribution is -2.41. The van der Waals surface area contributed by atoms with Gasteiger partial charge in [-0.15, -0.1) is 0 Å². The van der Waals surface area contributed by atoms with Gasteiger partial charge in [0, 0.05) is 24.8 Å². The van der Waals surface area contributed by atoms with Crippen molar-refractivity contribution in [2.75, 3.05) is 18.4 Å². The number of rotatable bonds is 6. The van der Waals surface area contributed by atoms with Gasteiger partial charge in [0.15, 0.2) is 0 Å². The summed E-state index contributed by atoms with van der Waals surface area (Å²) in [6.07, 6.45) is 9.51. The number of amides is 1. The van der Waals surface area contributed by atoms with Crippen LogP contribution in [0.3, 0.4) is 0 Å². The average Bonchev–Trinajstić information content (AvgIpc) is 3.08. The number of fused-ring (bicyclic) bond motifs is 1. The van der Waals surface area contributed by atoms with Gasteiger partial charge < -0.3 is 5.32 Å². The van der Waals surface area contributed by atoms with Crippen LogP contribution in [0.25, 0.3) is 5.69 Å². The molecule has 1 amide bonds. The molecule has 1 fully saturated rings. The number of carbonyl (C=O) groups is 1. The molecule has 0 radical (unpaired) electrons. The highest BCUT2D eigenvalue weighted by molar-refractivity contribution is 6.32. The lowest BCUT2D eigenvalue weighted by atomic mass is 9.91. The molecule has 6 heteroatoms. The predicted molar refractivity (Wildman–Crippen MR) is 134 cm³/mol. The molecule has 2 aliphatic rings. The van der Waals surface area contributed by atoms with E-state index in [4.69, 9.17) is 11.6 Å². The molecule has 0 atom stereocenters. The van der Waals surface area contributed by atoms with E-state index in [2.05, 4.69) is 34.4 Å². The van der Waals surface area contributed by atoms with E-state index >= 15 is 0 Å². The number of carbonyl (C=O) groups excluding carboxylic acids is 1. The summed E-state index contributed by atoms with van der Waals surface area (Å²) in [6, 6.07) is 14.8. The SMILES string of the molecule is CCCc1c(C(=O)Nc2ccc3c(c2)CCN(C2CCC2)CC3)cnn1-c1ccccc1Cl. The van der Waals surface area contributed by atoms with Crippen molar-refractivity contribution in [3.63, 3.8) is 0 Å². The summed E-state index contributed by atoms with van der Waals surface area (Å²) in [6.45, 7) is 4.36. The van der Waals surface area contributed by atoms with Crippen LogP contribution in [0.1, 0.15) is 59.8 Å². The number of halogens is 1. The molecule has 1 aromatic heterocycles. The maximum Gasteiger partial charge on any atom is 0.259 e. The van der Waals surface area contributed by atoms with Crippen LogP contribution in [-0.4, -0.2) is 39.7 Å². The fraction of sp³-hybridized carbons (Fsp3) is 0.407. The number of anilines is 1. The third-order valence-corrected chi connectivity index (χ3v) is 7.39. The minimum atomic E-state index is -0.124. The van der Waals surface area contributed by atoms with Gasteiger partial charge in [-0.05, 0) is 67.5 Å². The minimum Gasteiger partial charge on any atom is -0.322 e. The maximum absolute atomic E-state index is 13.3. The van der Waals surface area contributed by atoms with Crippen molar-refractivity contribution in [2.45, 2.75) is 57.9 Å². The van der Waals surface area contributed by atoms with Crippen LogP contribution in [-0.2, 0) is 19.3 Å². The van der Waals surface area contributed by atoms with Gasteiger partial charge in [0.1, 0.15) is 0 Å². The number of hydrogen-bond acceptors (Lipinski definition) is 3. The molecule has 2 aromatic carbocycles. The Balaban J connectivity index is 1.35. The van der Waals surface area contributed by atoms with Crippen molar-refractivity contribution in [3.8, 4) is 5.69 Å². The number of benzene rings is 2. The highest BCUT2D eigenvalue weighted by Gasteiger charge is 2.26. The number of nitrogens with zero attached hydrogens (tertiary/aromatic N) is 3. The number of para-hydroxylation sites is 1. The molecule has 0 unspecified atom stereocenters. The predicted octanol–water partition coefficient (Wildman–Crippen LogP) is 5.68. The first kappa shape index (κ1) is 22.2. The van der Waals surface area contributed by atoms with Crippen molar-refractivity contribution in [3.05, 3.63) is 76.1 Å². The molecule has 0 spiro atoms. The van der Waals surface area contributed by atoms with Crippen molar-refractivity contribution in [1.82, 2.24) is 14.7 Å². The molecule has 1 aliphatic carbocycles. The Bertz CT molecular complexity index is 1150. The van der Waals surface area contributed by atoms with Crippen LogP contribution in [0.15, 0.2) is 48.7 Å². The van der Waals surface area contributed by atoms with Crippen LogP contribution in [0.2, 0.25) is 5.02 Å². The molecule has 3 aromatic rings. The van der Waals surface area contributed by atoms with Crippen LogP contribution in [0.5, 0.6) is 0 Å². The number of nitrogens with one attached hydrogen (secondary N) is 1. The van der Waals surface area contributed by atoms with Gasteiger partial charge in [0.2, 0.25) is 0 Å². The van der Waals surface area contributed by atoms with Gasteiger partial charge in [0.25, 0.3) is 5.91 Å². The topological polar surface area (TPSA) is 50.2 Å². The first-order chi connectivity index (χ1) is 16.1. The first-order valence-electron chi connectivity index (χ1n) is 12.1. The quantitative estimate of drug-likeness (QED) is 0.512. The van der Waals surface area contributed by atoms with Gasteiger partial charge >= 0.3 is 0 Å². The van der Waals surface area contributed by atoms with E-state index in [0.717, 1.165) is 61.9 Å². The van der Waals surface area contributed by atoms with E-state index in [1.54, 1.807) is 10.9 Å². The van der Waals surface area contributed by atoms with Gasteiger partial charge in [0.05, 0.1) is 28.2 Å². The molecule has 5 nitrogen and oxygen atoms in total. The second-order valence-electron chi connectivity index (χ2n) is 9.18. The van der Waals surface area contributed by atoms with E-state index in [-0.39, 0.29) is 5.91 Å². The summed E-state index contributed by atoms with van der Waals surface area (Å²) >= 11 is 6.41. The summed E-state index contributed by atoms with van der Waals surface area (Å²) in [4.78, 5) is 15.9. The van der Waals surface area contributed by atoms with Crippen molar-refractivity contribution in [2.24, 2.45) is 0 Å². The lowest BCUT2D eigenvalue weighted by Gasteiger charge is -2.36. The highest BCUT2D eigenvalue weighted by Crippen LogP contribution is 2.29. The third kappa shape index (κ3) is 4.57. The summed E-state index contributed by atoms with van der Waals surface area (Å²) in [5.41, 5.74) is 5.89. The lowest BCUT2D eigenvalue weighted by molar-refractivity contribution is 0.102. The Kier molecular flexibility index (Phi) is 6.52. The molecule has 1 aliphatic heterocycles. The van der Waals surface area contributed by atoms with E-state index in [1.165, 1.54) is 30.4 Å². The maximum atomic E-state index is 13.3. The van der Waals surface area contributed by atoms with Crippen molar-refractivity contribution >= 4 is 23.2 Å². The summed E-state index contributed by atoms with van der Waals surface area (Å²) < 4.78 is 1.80. The van der Waals surface area contributed by atoms with Gasteiger partial charge in [-0.25, -0.2) is 4.68 Å². The molecule has 0 saturated heterocycles. The Morgan fingerprint density at radius 1 is 1.12 bits per heavy atom. The fourth-order valence-electron chi connectivity index (χ4n) is 5.01. The van der Waals surface area contributed by atoms with Crippen LogP contribution >= 0.6 is 11.6 Å². The molecule has 172 valence electrons. The summed E-state index contributed by atoms with van der Waals surface area (Å²) in [5, 5.41) is 8.26. The first-order valence-corrected chi connectivity index (χ1v) is 12.5. The van der Waals surface area contributed by atoms with Crippen LogP contribution in [0, 0.1) is 0 Å². The molecule has 1 saturated carbocycles. The second-order valence-corrected chi connectivity index (χ2v) is 9.58. The molecular weight excluding hydrogens is 432 g/mol. The second kappa shape index (κ2) is 9.70. The van der Waals surface area contributed by atoms with Gasteiger partial charge in [-0.2, -0.15) is 5.10 Å². The highest BCUT2D eigenvalue weighted by atomic mass is 35.5. The Morgan fingerprint density at radius 2 is 1.91 bits per heavy atom. The molecule has 2 heterocycles. The number of hydrogen-bond donors (Lipinski definition) is 1. The Morgan fingerprint density at radius 3 is 2.64 bits per heavy atom. The van der Waals surface area contributed by atoms with Gasteiger partial charge in [-0.1, -0.05) is 49.6 Å². The molecule has 5 rings (SSSR count). The normalized spacial score (nSPS) is 16.7. The fourth-order valence-corrected chi connectivity index (χ4v) is 5.22. The smallest absolute Gasteiger partial charge is 0.259 e. The van der Waals surface area contributed by atoms with Gasteiger partial charge in [-0.3, -0.25) is 9.69 Å². The molecule has 1 N–H and O–H groups in total. The summed E-state index contributed by atoms with van der Waals surface area (Å²) in [7, 11) is 0. The van der Waals surface area contributed by atoms with E-state index in [0.29, 0.717) is 10.6 Å². The number of aromatic nitrogens is 2. The van der Waals surface area contributed by atoms with Crippen molar-refractivity contribution in [1.29, 1.82) is 0 Å². The third-order valence-electron chi connectivity index (χ3n) is 7.07. The summed E-state index contributed by atoms with van der Waals surface area (Å²) in [5.74, 6) is -0.124. The van der Waals surface area contributed by atoms with Crippen molar-refractivity contribution < 1.29 is 4.79 Å². The van der Waals surface area contributed by atoms with E-state index in [1.807, 2.05) is 30.3 Å². The van der Waals surface area contributed by atoms with Crippen LogP contribution < -0.4 is 5.32 Å².